The number of thiocarbonyl (C=S) groups is 1. The van der Waals surface area contributed by atoms with Crippen LogP contribution in [0.2, 0.25) is 0 Å². The zero-order valence-corrected chi connectivity index (χ0v) is 17.0. The number of esters is 1. The van der Waals surface area contributed by atoms with Crippen molar-refractivity contribution in [2.45, 2.75) is 19.9 Å². The number of carbonyl (C=O) groups is 1. The van der Waals surface area contributed by atoms with Gasteiger partial charge in [-0.3, -0.25) is 4.90 Å². The van der Waals surface area contributed by atoms with Crippen molar-refractivity contribution in [3.63, 3.8) is 0 Å². The lowest BCUT2D eigenvalue weighted by Crippen LogP contribution is -2.48. The van der Waals surface area contributed by atoms with Crippen LogP contribution in [0.25, 0.3) is 0 Å². The molecule has 2 aromatic rings. The number of methoxy groups -OCH3 is 1. The van der Waals surface area contributed by atoms with Crippen LogP contribution in [0, 0.1) is 11.6 Å². The highest BCUT2D eigenvalue weighted by Crippen LogP contribution is 2.35. The number of carbonyl (C=O) groups excluding carboxylic acids is 1. The smallest absolute Gasteiger partial charge is 0.338 e. The van der Waals surface area contributed by atoms with Crippen LogP contribution in [0.4, 0.5) is 14.5 Å². The molecule has 0 amide bonds. The average molecular weight is 418 g/mol. The van der Waals surface area contributed by atoms with E-state index in [1.165, 1.54) is 6.07 Å². The summed E-state index contributed by atoms with van der Waals surface area (Å²) in [5.74, 6) is -1.86. The molecule has 0 spiro atoms. The summed E-state index contributed by atoms with van der Waals surface area (Å²) in [6.45, 7) is 3.60. The van der Waals surface area contributed by atoms with E-state index in [9.17, 15) is 13.6 Å². The first kappa shape index (κ1) is 20.7. The van der Waals surface area contributed by atoms with Crippen molar-refractivity contribution in [3.05, 3.63) is 70.9 Å². The van der Waals surface area contributed by atoms with E-state index in [0.717, 1.165) is 12.1 Å². The topological polar surface area (TPSA) is 50.8 Å². The van der Waals surface area contributed by atoms with Gasteiger partial charge in [-0.1, -0.05) is 6.07 Å². The standard InChI is InChI=1S/C21H20F2N2O3S/c1-4-28-20(26)18-12(2)25(14-6-8-15(27-3)9-7-14)21(29)24-19(18)13-5-10-16(22)17(23)11-13/h5-11,19H,4H2,1-3H3,(H,24,29)/t19-/m0/s1. The largest absolute Gasteiger partial charge is 0.497 e. The van der Waals surface area contributed by atoms with Crippen molar-refractivity contribution in [2.75, 3.05) is 18.6 Å². The summed E-state index contributed by atoms with van der Waals surface area (Å²) in [5.41, 5.74) is 1.88. The molecule has 5 nitrogen and oxygen atoms in total. The third-order valence-electron chi connectivity index (χ3n) is 4.59. The van der Waals surface area contributed by atoms with Crippen LogP contribution in [-0.2, 0) is 9.53 Å². The minimum atomic E-state index is -1.01. The van der Waals surface area contributed by atoms with Crippen LogP contribution in [0.1, 0.15) is 25.5 Å². The van der Waals surface area contributed by atoms with Crippen molar-refractivity contribution >= 4 is 29.0 Å². The zero-order chi connectivity index (χ0) is 21.1. The molecule has 3 rings (SSSR count). The van der Waals surface area contributed by atoms with Crippen LogP contribution in [0.15, 0.2) is 53.7 Å². The summed E-state index contributed by atoms with van der Waals surface area (Å²) < 4.78 is 37.6. The second-order valence-corrected chi connectivity index (χ2v) is 6.70. The number of hydrogen-bond donors (Lipinski definition) is 1. The highest BCUT2D eigenvalue weighted by Gasteiger charge is 2.35. The number of nitrogens with one attached hydrogen (secondary N) is 1. The van der Waals surface area contributed by atoms with Gasteiger partial charge < -0.3 is 14.8 Å². The molecule has 0 bridgehead atoms. The maximum Gasteiger partial charge on any atom is 0.338 e. The van der Waals surface area contributed by atoms with Gasteiger partial charge in [0.1, 0.15) is 5.75 Å². The monoisotopic (exact) mass is 418 g/mol. The molecule has 1 atom stereocenters. The summed E-state index contributed by atoms with van der Waals surface area (Å²) >= 11 is 5.52. The average Bonchev–Trinajstić information content (AvgIpc) is 2.70. The van der Waals surface area contributed by atoms with E-state index in [1.54, 1.807) is 50.1 Å². The summed E-state index contributed by atoms with van der Waals surface area (Å²) in [6, 6.07) is 9.86. The number of anilines is 1. The zero-order valence-electron chi connectivity index (χ0n) is 16.2. The van der Waals surface area contributed by atoms with Gasteiger partial charge in [-0.2, -0.15) is 0 Å². The van der Waals surface area contributed by atoms with Gasteiger partial charge in [-0.25, -0.2) is 13.6 Å². The van der Waals surface area contributed by atoms with E-state index in [2.05, 4.69) is 5.32 Å². The van der Waals surface area contributed by atoms with Crippen LogP contribution < -0.4 is 15.0 Å². The molecule has 1 aliphatic heterocycles. The Labute approximate surface area is 172 Å². The van der Waals surface area contributed by atoms with Gasteiger partial charge in [0.05, 0.1) is 25.3 Å². The van der Waals surface area contributed by atoms with Crippen molar-refractivity contribution in [1.29, 1.82) is 0 Å². The second kappa shape index (κ2) is 8.57. The summed E-state index contributed by atoms with van der Waals surface area (Å²) in [5, 5.41) is 3.37. The SMILES string of the molecule is CCOC(=O)C1=C(C)N(c2ccc(OC)cc2)C(=S)N[C@H]1c1ccc(F)c(F)c1. The van der Waals surface area contributed by atoms with Gasteiger partial charge in [-0.15, -0.1) is 0 Å². The number of ether oxygens (including phenoxy) is 2. The Kier molecular flexibility index (Phi) is 6.12. The van der Waals surface area contributed by atoms with Gasteiger partial charge in [0, 0.05) is 11.4 Å². The molecule has 0 fully saturated rings. The predicted octanol–water partition coefficient (Wildman–Crippen LogP) is 4.25. The first-order valence-corrected chi connectivity index (χ1v) is 9.35. The van der Waals surface area contributed by atoms with Crippen LogP contribution in [0.5, 0.6) is 5.75 Å². The van der Waals surface area contributed by atoms with Crippen molar-refractivity contribution in [2.24, 2.45) is 0 Å². The molecule has 0 saturated heterocycles. The van der Waals surface area contributed by atoms with E-state index in [4.69, 9.17) is 21.7 Å². The lowest BCUT2D eigenvalue weighted by Gasteiger charge is -2.37. The van der Waals surface area contributed by atoms with Crippen molar-refractivity contribution in [1.82, 2.24) is 5.32 Å². The minimum Gasteiger partial charge on any atom is -0.497 e. The quantitative estimate of drug-likeness (QED) is 0.579. The number of halogens is 2. The first-order valence-electron chi connectivity index (χ1n) is 8.94. The number of hydrogen-bond acceptors (Lipinski definition) is 4. The minimum absolute atomic E-state index is 0.174. The molecule has 1 aliphatic rings. The lowest BCUT2D eigenvalue weighted by molar-refractivity contribution is -0.139. The Bertz CT molecular complexity index is 976. The normalized spacial score (nSPS) is 16.5. The Hall–Kier alpha value is -3.00. The highest BCUT2D eigenvalue weighted by atomic mass is 32.1. The number of allylic oxidation sites excluding steroid dienone is 1. The fourth-order valence-electron chi connectivity index (χ4n) is 3.20. The molecule has 1 heterocycles. The molecule has 8 heteroatoms. The Morgan fingerprint density at radius 3 is 2.45 bits per heavy atom. The van der Waals surface area contributed by atoms with E-state index in [0.29, 0.717) is 27.8 Å². The highest BCUT2D eigenvalue weighted by molar-refractivity contribution is 7.80. The molecule has 0 aliphatic carbocycles. The van der Waals surface area contributed by atoms with Crippen LogP contribution in [0.3, 0.4) is 0 Å². The van der Waals surface area contributed by atoms with E-state index in [-0.39, 0.29) is 12.2 Å². The summed E-state index contributed by atoms with van der Waals surface area (Å²) in [4.78, 5) is 14.4. The van der Waals surface area contributed by atoms with Gasteiger partial charge in [0.15, 0.2) is 16.7 Å². The molecule has 152 valence electrons. The number of benzene rings is 2. The molecular weight excluding hydrogens is 398 g/mol. The Morgan fingerprint density at radius 1 is 1.17 bits per heavy atom. The molecule has 1 N–H and O–H groups in total. The molecule has 0 aromatic heterocycles. The van der Waals surface area contributed by atoms with Crippen molar-refractivity contribution in [3.8, 4) is 5.75 Å². The fraction of sp³-hybridized carbons (Fsp3) is 0.238. The molecule has 2 aromatic carbocycles. The molecule has 29 heavy (non-hydrogen) atoms. The Morgan fingerprint density at radius 2 is 1.86 bits per heavy atom. The third-order valence-corrected chi connectivity index (χ3v) is 4.89. The molecule has 0 radical (unpaired) electrons. The van der Waals surface area contributed by atoms with Gasteiger partial charge in [-0.05, 0) is 68.0 Å². The maximum absolute atomic E-state index is 13.8. The number of rotatable bonds is 5. The van der Waals surface area contributed by atoms with Gasteiger partial charge in [0.2, 0.25) is 0 Å². The van der Waals surface area contributed by atoms with Crippen LogP contribution in [-0.4, -0.2) is 24.8 Å². The van der Waals surface area contributed by atoms with Crippen molar-refractivity contribution < 1.29 is 23.0 Å². The third kappa shape index (κ3) is 4.07. The van der Waals surface area contributed by atoms with E-state index < -0.39 is 23.6 Å². The predicted molar refractivity (Wildman–Crippen MR) is 110 cm³/mol. The summed E-state index contributed by atoms with van der Waals surface area (Å²) in [6.07, 6.45) is 0. The van der Waals surface area contributed by atoms with Gasteiger partial charge in [0.25, 0.3) is 0 Å². The van der Waals surface area contributed by atoms with E-state index >= 15 is 0 Å². The summed E-state index contributed by atoms with van der Waals surface area (Å²) in [7, 11) is 1.57. The second-order valence-electron chi connectivity index (χ2n) is 6.31. The van der Waals surface area contributed by atoms with E-state index in [1.807, 2.05) is 0 Å². The first-order chi connectivity index (χ1) is 13.9. The fourth-order valence-corrected chi connectivity index (χ4v) is 3.56. The Balaban J connectivity index is 2.11. The van der Waals surface area contributed by atoms with Gasteiger partial charge >= 0.3 is 5.97 Å². The molecule has 0 unspecified atom stereocenters. The lowest BCUT2D eigenvalue weighted by atomic mass is 9.94. The maximum atomic E-state index is 13.8. The molecular formula is C21H20F2N2O3S. The number of nitrogens with zero attached hydrogens (tertiary/aromatic N) is 1. The molecule has 0 saturated carbocycles. The van der Waals surface area contributed by atoms with Crippen LogP contribution >= 0.6 is 12.2 Å².